The molecule has 0 aromatic carbocycles. The van der Waals surface area contributed by atoms with Gasteiger partial charge in [0.1, 0.15) is 0 Å². The van der Waals surface area contributed by atoms with Gasteiger partial charge in [-0.1, -0.05) is 26.7 Å². The molecule has 1 saturated carbocycles. The average molecular weight is 332 g/mol. The van der Waals surface area contributed by atoms with Crippen LogP contribution in [0.2, 0.25) is 0 Å². The number of halogens is 1. The summed E-state index contributed by atoms with van der Waals surface area (Å²) in [6.07, 6.45) is 6.62. The minimum Gasteiger partial charge on any atom is -0.354 e. The maximum Gasteiger partial charge on any atom is 0.225 e. The van der Waals surface area contributed by atoms with Crippen LogP contribution in [0.25, 0.3) is 0 Å². The van der Waals surface area contributed by atoms with E-state index in [-0.39, 0.29) is 35.7 Å². The summed E-state index contributed by atoms with van der Waals surface area (Å²) in [7, 11) is 0. The van der Waals surface area contributed by atoms with Crippen LogP contribution in [0.5, 0.6) is 0 Å². The minimum atomic E-state index is -0.330. The zero-order valence-corrected chi connectivity index (χ0v) is 14.6. The van der Waals surface area contributed by atoms with Crippen molar-refractivity contribution in [2.24, 2.45) is 11.7 Å². The third-order valence-corrected chi connectivity index (χ3v) is 5.32. The highest BCUT2D eigenvalue weighted by Gasteiger charge is 2.38. The first-order valence-electron chi connectivity index (χ1n) is 8.35. The number of carbonyl (C=O) groups is 2. The summed E-state index contributed by atoms with van der Waals surface area (Å²) in [6.45, 7) is 5.16. The van der Waals surface area contributed by atoms with Gasteiger partial charge in [-0.3, -0.25) is 9.59 Å². The fraction of sp³-hybridized carbons (Fsp3) is 0.875. The predicted octanol–water partition coefficient (Wildman–Crippen LogP) is 1.83. The number of hydrogen-bond donors (Lipinski definition) is 2. The van der Waals surface area contributed by atoms with E-state index in [9.17, 15) is 9.59 Å². The van der Waals surface area contributed by atoms with Gasteiger partial charge >= 0.3 is 0 Å². The standard InChI is InChI=1S/C16H29N3O2.ClH/c1-3-16(17,4-2)11-18-15(21)12-9-14(20)19(10-12)13-7-5-6-8-13;/h12-13H,3-11,17H2,1-2H3,(H,18,21);1H. The van der Waals surface area contributed by atoms with E-state index in [1.165, 1.54) is 12.8 Å². The molecule has 3 N–H and O–H groups in total. The fourth-order valence-electron chi connectivity index (χ4n) is 3.38. The SMILES string of the molecule is CCC(N)(CC)CNC(=O)C1CC(=O)N(C2CCCC2)C1.Cl. The van der Waals surface area contributed by atoms with Gasteiger partial charge in [-0.25, -0.2) is 0 Å². The number of nitrogens with zero attached hydrogens (tertiary/aromatic N) is 1. The lowest BCUT2D eigenvalue weighted by Crippen LogP contribution is -2.50. The van der Waals surface area contributed by atoms with Gasteiger partial charge in [0.15, 0.2) is 0 Å². The second-order valence-corrected chi connectivity index (χ2v) is 6.67. The Bertz CT molecular complexity index is 393. The van der Waals surface area contributed by atoms with Crippen molar-refractivity contribution in [3.63, 3.8) is 0 Å². The molecule has 0 bridgehead atoms. The molecule has 0 spiro atoms. The number of likely N-dealkylation sites (tertiary alicyclic amines) is 1. The summed E-state index contributed by atoms with van der Waals surface area (Å²) < 4.78 is 0. The monoisotopic (exact) mass is 331 g/mol. The lowest BCUT2D eigenvalue weighted by atomic mass is 9.94. The fourth-order valence-corrected chi connectivity index (χ4v) is 3.38. The van der Waals surface area contributed by atoms with Crippen molar-refractivity contribution in [1.82, 2.24) is 10.2 Å². The number of carbonyl (C=O) groups excluding carboxylic acids is 2. The number of rotatable bonds is 6. The topological polar surface area (TPSA) is 75.4 Å². The van der Waals surface area contributed by atoms with Crippen molar-refractivity contribution in [3.05, 3.63) is 0 Å². The quantitative estimate of drug-likeness (QED) is 0.779. The van der Waals surface area contributed by atoms with Crippen LogP contribution in [0.3, 0.4) is 0 Å². The van der Waals surface area contributed by atoms with Gasteiger partial charge in [-0.2, -0.15) is 0 Å². The molecule has 1 atom stereocenters. The molecular formula is C16H30ClN3O2. The maximum atomic E-state index is 12.3. The third-order valence-electron chi connectivity index (χ3n) is 5.32. The number of amides is 2. The molecule has 2 fully saturated rings. The molecule has 6 heteroatoms. The van der Waals surface area contributed by atoms with Crippen molar-refractivity contribution >= 4 is 24.2 Å². The Labute approximate surface area is 139 Å². The Morgan fingerprint density at radius 3 is 2.45 bits per heavy atom. The highest BCUT2D eigenvalue weighted by atomic mass is 35.5. The average Bonchev–Trinajstić information content (AvgIpc) is 3.13. The lowest BCUT2D eigenvalue weighted by molar-refractivity contribution is -0.130. The molecule has 22 heavy (non-hydrogen) atoms. The molecule has 1 aliphatic carbocycles. The summed E-state index contributed by atoms with van der Waals surface area (Å²) in [5.74, 6) is -0.0660. The Hall–Kier alpha value is -0.810. The Morgan fingerprint density at radius 2 is 1.91 bits per heavy atom. The van der Waals surface area contributed by atoms with E-state index in [0.717, 1.165) is 25.7 Å². The molecule has 1 heterocycles. The van der Waals surface area contributed by atoms with E-state index < -0.39 is 0 Å². The normalized spacial score (nSPS) is 22.8. The molecular weight excluding hydrogens is 302 g/mol. The molecule has 2 aliphatic rings. The molecule has 5 nitrogen and oxygen atoms in total. The second-order valence-electron chi connectivity index (χ2n) is 6.67. The maximum absolute atomic E-state index is 12.3. The Kier molecular flexibility index (Phi) is 7.13. The Balaban J connectivity index is 0.00000242. The van der Waals surface area contributed by atoms with Crippen LogP contribution in [0.4, 0.5) is 0 Å². The number of nitrogens with two attached hydrogens (primary N) is 1. The first-order valence-corrected chi connectivity index (χ1v) is 8.35. The lowest BCUT2D eigenvalue weighted by Gasteiger charge is -2.27. The van der Waals surface area contributed by atoms with Crippen LogP contribution < -0.4 is 11.1 Å². The zero-order valence-electron chi connectivity index (χ0n) is 13.8. The minimum absolute atomic E-state index is 0. The summed E-state index contributed by atoms with van der Waals surface area (Å²) in [6, 6.07) is 0.371. The van der Waals surface area contributed by atoms with E-state index in [0.29, 0.717) is 25.6 Å². The van der Waals surface area contributed by atoms with Gasteiger partial charge in [-0.05, 0) is 25.7 Å². The summed E-state index contributed by atoms with van der Waals surface area (Å²) >= 11 is 0. The van der Waals surface area contributed by atoms with Crippen molar-refractivity contribution in [2.45, 2.75) is 70.4 Å². The van der Waals surface area contributed by atoms with Crippen molar-refractivity contribution in [3.8, 4) is 0 Å². The van der Waals surface area contributed by atoms with Crippen LogP contribution in [0.15, 0.2) is 0 Å². The van der Waals surface area contributed by atoms with E-state index in [4.69, 9.17) is 5.73 Å². The van der Waals surface area contributed by atoms with Crippen LogP contribution in [0.1, 0.15) is 58.8 Å². The molecule has 2 rings (SSSR count). The summed E-state index contributed by atoms with van der Waals surface area (Å²) in [4.78, 5) is 26.3. The molecule has 2 amide bonds. The van der Waals surface area contributed by atoms with Crippen LogP contribution in [0, 0.1) is 5.92 Å². The molecule has 0 aromatic heterocycles. The van der Waals surface area contributed by atoms with Crippen LogP contribution in [-0.4, -0.2) is 41.4 Å². The number of nitrogens with one attached hydrogen (secondary N) is 1. The molecule has 0 radical (unpaired) electrons. The van der Waals surface area contributed by atoms with E-state index >= 15 is 0 Å². The van der Waals surface area contributed by atoms with Crippen molar-refractivity contribution in [1.29, 1.82) is 0 Å². The smallest absolute Gasteiger partial charge is 0.225 e. The highest BCUT2D eigenvalue weighted by molar-refractivity contribution is 5.89. The van der Waals surface area contributed by atoms with Crippen LogP contribution in [-0.2, 0) is 9.59 Å². The summed E-state index contributed by atoms with van der Waals surface area (Å²) in [5.41, 5.74) is 5.88. The van der Waals surface area contributed by atoms with Gasteiger partial charge < -0.3 is 16.0 Å². The van der Waals surface area contributed by atoms with E-state index in [1.807, 2.05) is 18.7 Å². The molecule has 128 valence electrons. The number of hydrogen-bond acceptors (Lipinski definition) is 3. The van der Waals surface area contributed by atoms with E-state index in [2.05, 4.69) is 5.32 Å². The summed E-state index contributed by atoms with van der Waals surface area (Å²) in [5, 5.41) is 2.96. The second kappa shape index (κ2) is 8.16. The first kappa shape index (κ1) is 19.2. The van der Waals surface area contributed by atoms with Crippen molar-refractivity contribution in [2.75, 3.05) is 13.1 Å². The van der Waals surface area contributed by atoms with Gasteiger partial charge in [0.25, 0.3) is 0 Å². The molecule has 1 saturated heterocycles. The van der Waals surface area contributed by atoms with Gasteiger partial charge in [0.2, 0.25) is 11.8 Å². The molecule has 0 aromatic rings. The van der Waals surface area contributed by atoms with Gasteiger partial charge in [0, 0.05) is 31.1 Å². The third kappa shape index (κ3) is 4.35. The van der Waals surface area contributed by atoms with Crippen LogP contribution >= 0.6 is 12.4 Å². The predicted molar refractivity (Wildman–Crippen MR) is 89.8 cm³/mol. The van der Waals surface area contributed by atoms with Gasteiger partial charge in [0.05, 0.1) is 5.92 Å². The molecule has 1 aliphatic heterocycles. The Morgan fingerprint density at radius 1 is 1.32 bits per heavy atom. The van der Waals surface area contributed by atoms with Crippen molar-refractivity contribution < 1.29 is 9.59 Å². The molecule has 1 unspecified atom stereocenters. The van der Waals surface area contributed by atoms with E-state index in [1.54, 1.807) is 0 Å². The highest BCUT2D eigenvalue weighted by Crippen LogP contribution is 2.29. The largest absolute Gasteiger partial charge is 0.354 e. The zero-order chi connectivity index (χ0) is 15.5. The first-order chi connectivity index (χ1) is 9.99. The van der Waals surface area contributed by atoms with Gasteiger partial charge in [-0.15, -0.1) is 12.4 Å².